The van der Waals surface area contributed by atoms with Crippen molar-refractivity contribution in [1.82, 2.24) is 5.32 Å². The van der Waals surface area contributed by atoms with E-state index in [0.29, 0.717) is 0 Å². The van der Waals surface area contributed by atoms with E-state index in [-0.39, 0.29) is 0 Å². The fourth-order valence-corrected chi connectivity index (χ4v) is 2.76. The van der Waals surface area contributed by atoms with Crippen LogP contribution >= 0.6 is 0 Å². The van der Waals surface area contributed by atoms with Crippen molar-refractivity contribution in [1.29, 1.82) is 0 Å². The van der Waals surface area contributed by atoms with Crippen molar-refractivity contribution in [3.8, 4) is 0 Å². The van der Waals surface area contributed by atoms with Crippen molar-refractivity contribution in [2.24, 2.45) is 11.8 Å². The summed E-state index contributed by atoms with van der Waals surface area (Å²) < 4.78 is 0. The zero-order valence-corrected chi connectivity index (χ0v) is 6.34. The highest BCUT2D eigenvalue weighted by Gasteiger charge is 2.43. The van der Waals surface area contributed by atoms with Crippen LogP contribution in [0.15, 0.2) is 0 Å². The zero-order chi connectivity index (χ0) is 6.55. The summed E-state index contributed by atoms with van der Waals surface area (Å²) in [6, 6.07) is 1.87. The summed E-state index contributed by atoms with van der Waals surface area (Å²) in [4.78, 5) is 0. The summed E-state index contributed by atoms with van der Waals surface area (Å²) in [5.74, 6) is 2.29. The van der Waals surface area contributed by atoms with E-state index in [0.717, 1.165) is 23.9 Å². The van der Waals surface area contributed by atoms with E-state index in [4.69, 9.17) is 0 Å². The predicted molar refractivity (Wildman–Crippen MR) is 40.8 cm³/mol. The molecule has 0 radical (unpaired) electrons. The van der Waals surface area contributed by atoms with Gasteiger partial charge in [-0.05, 0) is 43.9 Å². The van der Waals surface area contributed by atoms with Crippen LogP contribution in [0.2, 0.25) is 0 Å². The van der Waals surface area contributed by atoms with Gasteiger partial charge in [0.1, 0.15) is 0 Å². The van der Waals surface area contributed by atoms with Crippen LogP contribution in [0, 0.1) is 11.8 Å². The highest BCUT2D eigenvalue weighted by atomic mass is 15.0. The molecular weight excluding hydrogens is 122 g/mol. The van der Waals surface area contributed by atoms with Crippen LogP contribution in [-0.2, 0) is 0 Å². The molecule has 2 heterocycles. The lowest BCUT2D eigenvalue weighted by atomic mass is 9.74. The fourth-order valence-electron chi connectivity index (χ4n) is 2.76. The molecule has 4 aliphatic rings. The molecule has 1 N–H and O–H groups in total. The molecule has 0 spiro atoms. The Morgan fingerprint density at radius 1 is 0.800 bits per heavy atom. The molecule has 56 valence electrons. The highest BCUT2D eigenvalue weighted by Crippen LogP contribution is 2.46. The average molecular weight is 137 g/mol. The van der Waals surface area contributed by atoms with Gasteiger partial charge in [0.25, 0.3) is 0 Å². The topological polar surface area (TPSA) is 12.0 Å². The third-order valence-corrected chi connectivity index (χ3v) is 3.50. The van der Waals surface area contributed by atoms with Gasteiger partial charge in [-0.1, -0.05) is 0 Å². The molecule has 1 nitrogen and oxygen atoms in total. The van der Waals surface area contributed by atoms with Gasteiger partial charge in [0.05, 0.1) is 0 Å². The first kappa shape index (κ1) is 5.59. The first-order chi connectivity index (χ1) is 4.92. The summed E-state index contributed by atoms with van der Waals surface area (Å²) in [7, 11) is 0. The Bertz CT molecular complexity index is 135. The van der Waals surface area contributed by atoms with Crippen LogP contribution in [0.3, 0.4) is 0 Å². The van der Waals surface area contributed by atoms with Gasteiger partial charge in [0, 0.05) is 12.1 Å². The second-order valence-corrected chi connectivity index (χ2v) is 4.37. The molecule has 2 aliphatic heterocycles. The molecule has 1 heteroatoms. The maximum absolute atomic E-state index is 3.59. The molecule has 0 aromatic rings. The number of nitrogens with one attached hydrogen (secondary N) is 1. The summed E-state index contributed by atoms with van der Waals surface area (Å²) in [6.07, 6.45) is 7.58. The molecule has 4 fully saturated rings. The highest BCUT2D eigenvalue weighted by molar-refractivity contribution is 5.00. The number of hydrogen-bond donors (Lipinski definition) is 1. The van der Waals surface area contributed by atoms with Gasteiger partial charge >= 0.3 is 0 Å². The number of fused-ring (bicyclic) bond motifs is 2. The summed E-state index contributed by atoms with van der Waals surface area (Å²) in [5.41, 5.74) is 0. The molecule has 2 saturated heterocycles. The standard InChI is InChI=1S/C9H15N/c1-2-6(1)7-3-8-5-9(4-7)10-8/h6-10H,1-5H2. The van der Waals surface area contributed by atoms with Gasteiger partial charge in [0.2, 0.25) is 0 Å². The van der Waals surface area contributed by atoms with E-state index >= 15 is 0 Å². The molecule has 4 rings (SSSR count). The first-order valence-corrected chi connectivity index (χ1v) is 4.68. The van der Waals surface area contributed by atoms with Crippen LogP contribution in [0.4, 0.5) is 0 Å². The van der Waals surface area contributed by atoms with Gasteiger partial charge in [0.15, 0.2) is 0 Å². The molecular formula is C9H15N. The molecule has 0 aromatic heterocycles. The Labute approximate surface area is 62.2 Å². The van der Waals surface area contributed by atoms with E-state index in [9.17, 15) is 0 Å². The number of hydrogen-bond acceptors (Lipinski definition) is 1. The van der Waals surface area contributed by atoms with Crippen LogP contribution in [0.5, 0.6) is 0 Å². The minimum Gasteiger partial charge on any atom is -0.311 e. The van der Waals surface area contributed by atoms with Crippen molar-refractivity contribution < 1.29 is 0 Å². The maximum atomic E-state index is 3.59. The van der Waals surface area contributed by atoms with E-state index < -0.39 is 0 Å². The Morgan fingerprint density at radius 2 is 1.40 bits per heavy atom. The lowest BCUT2D eigenvalue weighted by Gasteiger charge is -2.46. The Balaban J connectivity index is 1.67. The van der Waals surface area contributed by atoms with Crippen LogP contribution in [-0.4, -0.2) is 12.1 Å². The van der Waals surface area contributed by atoms with Crippen molar-refractivity contribution in [2.45, 2.75) is 44.2 Å². The lowest BCUT2D eigenvalue weighted by molar-refractivity contribution is 0.116. The van der Waals surface area contributed by atoms with E-state index in [1.807, 2.05) is 0 Å². The Kier molecular flexibility index (Phi) is 0.984. The van der Waals surface area contributed by atoms with Crippen LogP contribution < -0.4 is 5.32 Å². The molecule has 2 aliphatic carbocycles. The van der Waals surface area contributed by atoms with Crippen molar-refractivity contribution in [3.63, 3.8) is 0 Å². The van der Waals surface area contributed by atoms with Crippen molar-refractivity contribution >= 4 is 0 Å². The van der Waals surface area contributed by atoms with Gasteiger partial charge in [-0.25, -0.2) is 0 Å². The van der Waals surface area contributed by atoms with Gasteiger partial charge in [-0.15, -0.1) is 0 Å². The Hall–Kier alpha value is -0.0400. The fraction of sp³-hybridized carbons (Fsp3) is 1.00. The first-order valence-electron chi connectivity index (χ1n) is 4.68. The summed E-state index contributed by atoms with van der Waals surface area (Å²) in [5, 5.41) is 3.59. The SMILES string of the molecule is C1C2CC(C3CC3)CC1N2. The number of rotatable bonds is 1. The molecule has 2 saturated carbocycles. The monoisotopic (exact) mass is 137 g/mol. The number of piperidine rings is 1. The van der Waals surface area contributed by atoms with Crippen molar-refractivity contribution in [3.05, 3.63) is 0 Å². The molecule has 2 bridgehead atoms. The molecule has 2 unspecified atom stereocenters. The molecule has 2 atom stereocenters. The summed E-state index contributed by atoms with van der Waals surface area (Å²) in [6.45, 7) is 0. The lowest BCUT2D eigenvalue weighted by Crippen LogP contribution is -2.58. The largest absolute Gasteiger partial charge is 0.311 e. The maximum Gasteiger partial charge on any atom is 0.00872 e. The van der Waals surface area contributed by atoms with E-state index in [1.54, 1.807) is 12.8 Å². The summed E-state index contributed by atoms with van der Waals surface area (Å²) >= 11 is 0. The van der Waals surface area contributed by atoms with Crippen LogP contribution in [0.25, 0.3) is 0 Å². The minimum absolute atomic E-state index is 0.935. The Morgan fingerprint density at radius 3 is 1.90 bits per heavy atom. The average Bonchev–Trinajstić information content (AvgIpc) is 2.67. The second-order valence-electron chi connectivity index (χ2n) is 4.37. The molecule has 0 amide bonds. The molecule has 10 heavy (non-hydrogen) atoms. The van der Waals surface area contributed by atoms with Gasteiger partial charge in [-0.2, -0.15) is 0 Å². The third-order valence-electron chi connectivity index (χ3n) is 3.50. The van der Waals surface area contributed by atoms with Crippen molar-refractivity contribution in [2.75, 3.05) is 0 Å². The van der Waals surface area contributed by atoms with E-state index in [1.165, 1.54) is 19.3 Å². The minimum atomic E-state index is 0.935. The second kappa shape index (κ2) is 1.76. The normalized spacial score (nSPS) is 52.2. The van der Waals surface area contributed by atoms with Gasteiger partial charge < -0.3 is 5.32 Å². The quantitative estimate of drug-likeness (QED) is 0.578. The predicted octanol–water partition coefficient (Wildman–Crippen LogP) is 1.54. The van der Waals surface area contributed by atoms with E-state index in [2.05, 4.69) is 5.32 Å². The molecule has 0 aromatic carbocycles. The van der Waals surface area contributed by atoms with Gasteiger partial charge in [-0.3, -0.25) is 0 Å². The van der Waals surface area contributed by atoms with Crippen LogP contribution in [0.1, 0.15) is 32.1 Å². The third kappa shape index (κ3) is 0.731. The smallest absolute Gasteiger partial charge is 0.00872 e. The zero-order valence-electron chi connectivity index (χ0n) is 6.34.